The lowest BCUT2D eigenvalue weighted by Gasteiger charge is -2.06. The minimum Gasteiger partial charge on any atom is -0.477 e. The summed E-state index contributed by atoms with van der Waals surface area (Å²) in [6.45, 7) is 5.57. The molecule has 14 heavy (non-hydrogen) atoms. The van der Waals surface area contributed by atoms with Gasteiger partial charge in [-0.3, -0.25) is 4.79 Å². The molecule has 0 saturated heterocycles. The van der Waals surface area contributed by atoms with E-state index in [1.54, 1.807) is 6.92 Å². The second kappa shape index (κ2) is 3.44. The predicted octanol–water partition coefficient (Wildman–Crippen LogP) is 1.14. The Morgan fingerprint density at radius 1 is 1.50 bits per heavy atom. The molecule has 78 valence electrons. The van der Waals surface area contributed by atoms with Crippen LogP contribution in [0.1, 0.15) is 27.2 Å². The summed E-state index contributed by atoms with van der Waals surface area (Å²) in [5.41, 5.74) is -0.0146. The van der Waals surface area contributed by atoms with Crippen LogP contribution in [0.25, 0.3) is 0 Å². The number of nitrogens with one attached hydrogen (secondary N) is 1. The van der Waals surface area contributed by atoms with E-state index >= 15 is 0 Å². The van der Waals surface area contributed by atoms with Crippen molar-refractivity contribution in [2.45, 2.75) is 27.2 Å². The summed E-state index contributed by atoms with van der Waals surface area (Å²) in [7, 11) is 0. The fourth-order valence-electron chi connectivity index (χ4n) is 1.38. The van der Waals surface area contributed by atoms with Crippen molar-refractivity contribution in [3.8, 4) is 0 Å². The summed E-state index contributed by atoms with van der Waals surface area (Å²) in [6, 6.07) is 0. The lowest BCUT2D eigenvalue weighted by Crippen LogP contribution is -2.29. The summed E-state index contributed by atoms with van der Waals surface area (Å²) in [5, 5.41) is 11.1. The summed E-state index contributed by atoms with van der Waals surface area (Å²) in [6.07, 6.45) is 2.21. The molecule has 0 aromatic rings. The lowest BCUT2D eigenvalue weighted by atomic mass is 10.1. The van der Waals surface area contributed by atoms with Crippen LogP contribution in [0.4, 0.5) is 0 Å². The highest BCUT2D eigenvalue weighted by Gasteiger charge is 2.50. The van der Waals surface area contributed by atoms with Crippen LogP contribution in [-0.2, 0) is 9.59 Å². The summed E-state index contributed by atoms with van der Waals surface area (Å²) in [5.74, 6) is -1.33. The molecule has 0 spiro atoms. The van der Waals surface area contributed by atoms with Crippen molar-refractivity contribution in [3.63, 3.8) is 0 Å². The van der Waals surface area contributed by atoms with E-state index in [-0.39, 0.29) is 22.9 Å². The van der Waals surface area contributed by atoms with Crippen molar-refractivity contribution in [1.82, 2.24) is 5.32 Å². The number of allylic oxidation sites excluding steroid dienone is 1. The van der Waals surface area contributed by atoms with Gasteiger partial charge in [0.25, 0.3) is 0 Å². The molecule has 0 radical (unpaired) electrons. The summed E-state index contributed by atoms with van der Waals surface area (Å²) < 4.78 is 0. The van der Waals surface area contributed by atoms with Crippen LogP contribution in [0.2, 0.25) is 0 Å². The predicted molar refractivity (Wildman–Crippen MR) is 51.4 cm³/mol. The number of aliphatic carboxylic acids is 1. The van der Waals surface area contributed by atoms with Crippen LogP contribution in [0.3, 0.4) is 0 Å². The van der Waals surface area contributed by atoms with Gasteiger partial charge < -0.3 is 10.4 Å². The van der Waals surface area contributed by atoms with Crippen LogP contribution < -0.4 is 5.32 Å². The molecule has 1 saturated carbocycles. The second-order valence-corrected chi connectivity index (χ2v) is 4.24. The number of rotatable bonds is 3. The van der Waals surface area contributed by atoms with Crippen molar-refractivity contribution >= 4 is 11.9 Å². The third-order valence-corrected chi connectivity index (χ3v) is 2.61. The molecule has 4 nitrogen and oxygen atoms in total. The van der Waals surface area contributed by atoms with Crippen LogP contribution in [0.15, 0.2) is 11.8 Å². The molecule has 0 bridgehead atoms. The molecular formula is C10H15NO3. The number of carbonyl (C=O) groups excluding carboxylic acids is 1. The molecular weight excluding hydrogens is 182 g/mol. The first kappa shape index (κ1) is 10.8. The van der Waals surface area contributed by atoms with Crippen molar-refractivity contribution in [2.24, 2.45) is 11.3 Å². The smallest absolute Gasteiger partial charge is 0.352 e. The third-order valence-electron chi connectivity index (χ3n) is 2.61. The quantitative estimate of drug-likeness (QED) is 0.667. The molecule has 1 aliphatic rings. The number of hydrogen-bond acceptors (Lipinski definition) is 2. The van der Waals surface area contributed by atoms with E-state index in [9.17, 15) is 9.59 Å². The van der Waals surface area contributed by atoms with E-state index in [1.165, 1.54) is 6.08 Å². The molecule has 2 N–H and O–H groups in total. The largest absolute Gasteiger partial charge is 0.477 e. The van der Waals surface area contributed by atoms with Gasteiger partial charge in [-0.25, -0.2) is 4.79 Å². The molecule has 0 heterocycles. The molecule has 1 aliphatic carbocycles. The van der Waals surface area contributed by atoms with Gasteiger partial charge >= 0.3 is 5.97 Å². The Hall–Kier alpha value is -1.32. The maximum absolute atomic E-state index is 11.5. The zero-order valence-electron chi connectivity index (χ0n) is 8.63. The molecule has 0 aromatic heterocycles. The number of amides is 1. The molecule has 1 atom stereocenters. The standard InChI is InChI=1S/C10H15NO3/c1-4-7(9(13)14)11-8(12)6-5-10(6,2)3/h4,6H,5H2,1-3H3,(H,11,12)(H,13,14)/b7-4-/t6-/m0/s1. The van der Waals surface area contributed by atoms with Crippen molar-refractivity contribution < 1.29 is 14.7 Å². The Kier molecular flexibility index (Phi) is 2.64. The van der Waals surface area contributed by atoms with Gasteiger partial charge in [0.1, 0.15) is 5.70 Å². The Balaban J connectivity index is 2.54. The molecule has 1 amide bonds. The van der Waals surface area contributed by atoms with Gasteiger partial charge in [-0.1, -0.05) is 19.9 Å². The van der Waals surface area contributed by atoms with Gasteiger partial charge in [-0.15, -0.1) is 0 Å². The topological polar surface area (TPSA) is 66.4 Å². The van der Waals surface area contributed by atoms with E-state index < -0.39 is 5.97 Å². The molecule has 0 aliphatic heterocycles. The first-order valence-corrected chi connectivity index (χ1v) is 4.59. The number of carboxylic acids is 1. The first-order chi connectivity index (χ1) is 6.38. The number of carboxylic acid groups (broad SMARTS) is 1. The Morgan fingerprint density at radius 2 is 2.00 bits per heavy atom. The zero-order chi connectivity index (χ0) is 10.9. The Bertz CT molecular complexity index is 304. The average Bonchev–Trinajstić information content (AvgIpc) is 2.70. The molecule has 1 fully saturated rings. The van der Waals surface area contributed by atoms with Crippen molar-refractivity contribution in [3.05, 3.63) is 11.8 Å². The van der Waals surface area contributed by atoms with Gasteiger partial charge in [0.05, 0.1) is 0 Å². The minimum atomic E-state index is -1.10. The van der Waals surface area contributed by atoms with Gasteiger partial charge in [0.15, 0.2) is 0 Å². The Labute approximate surface area is 83.0 Å². The number of carbonyl (C=O) groups is 2. The van der Waals surface area contributed by atoms with Crippen LogP contribution in [-0.4, -0.2) is 17.0 Å². The van der Waals surface area contributed by atoms with Gasteiger partial charge in [0.2, 0.25) is 5.91 Å². The van der Waals surface area contributed by atoms with Gasteiger partial charge in [-0.2, -0.15) is 0 Å². The molecule has 1 rings (SSSR count). The number of hydrogen-bond donors (Lipinski definition) is 2. The molecule has 4 heteroatoms. The van der Waals surface area contributed by atoms with Crippen LogP contribution in [0.5, 0.6) is 0 Å². The fraction of sp³-hybridized carbons (Fsp3) is 0.600. The van der Waals surface area contributed by atoms with E-state index in [0.717, 1.165) is 6.42 Å². The first-order valence-electron chi connectivity index (χ1n) is 4.59. The maximum atomic E-state index is 11.5. The van der Waals surface area contributed by atoms with E-state index in [1.807, 2.05) is 13.8 Å². The highest BCUT2D eigenvalue weighted by molar-refractivity contribution is 5.94. The molecule has 0 aromatic carbocycles. The highest BCUT2D eigenvalue weighted by Crippen LogP contribution is 2.51. The lowest BCUT2D eigenvalue weighted by molar-refractivity contribution is -0.135. The zero-order valence-corrected chi connectivity index (χ0v) is 8.63. The molecule has 0 unspecified atom stereocenters. The van der Waals surface area contributed by atoms with E-state index in [0.29, 0.717) is 0 Å². The van der Waals surface area contributed by atoms with Crippen LogP contribution >= 0.6 is 0 Å². The monoisotopic (exact) mass is 197 g/mol. The second-order valence-electron chi connectivity index (χ2n) is 4.24. The Morgan fingerprint density at radius 3 is 2.29 bits per heavy atom. The van der Waals surface area contributed by atoms with Crippen LogP contribution in [0, 0.1) is 11.3 Å². The SMILES string of the molecule is C/C=C(\NC(=O)[C@@H]1CC1(C)C)C(=O)O. The van der Waals surface area contributed by atoms with Crippen molar-refractivity contribution in [1.29, 1.82) is 0 Å². The van der Waals surface area contributed by atoms with Gasteiger partial charge in [-0.05, 0) is 18.8 Å². The van der Waals surface area contributed by atoms with Gasteiger partial charge in [0, 0.05) is 5.92 Å². The summed E-state index contributed by atoms with van der Waals surface area (Å²) in [4.78, 5) is 22.1. The van der Waals surface area contributed by atoms with E-state index in [2.05, 4.69) is 5.32 Å². The average molecular weight is 197 g/mol. The highest BCUT2D eigenvalue weighted by atomic mass is 16.4. The minimum absolute atomic E-state index is 0.0292. The normalized spacial score (nSPS) is 24.2. The summed E-state index contributed by atoms with van der Waals surface area (Å²) >= 11 is 0. The maximum Gasteiger partial charge on any atom is 0.352 e. The third kappa shape index (κ3) is 2.13. The van der Waals surface area contributed by atoms with Crippen molar-refractivity contribution in [2.75, 3.05) is 0 Å². The fourth-order valence-corrected chi connectivity index (χ4v) is 1.38. The van der Waals surface area contributed by atoms with E-state index in [4.69, 9.17) is 5.11 Å².